The van der Waals surface area contributed by atoms with Crippen molar-refractivity contribution in [3.63, 3.8) is 0 Å². The number of nitro benzene ring substituents is 1. The molecule has 0 aliphatic rings. The fraction of sp³-hybridized carbons (Fsp3) is 0.333. The largest absolute Gasteiger partial charge is 0.481 e. The second-order valence-corrected chi connectivity index (χ2v) is 4.99. The van der Waals surface area contributed by atoms with Crippen LogP contribution in [0.15, 0.2) is 22.7 Å². The van der Waals surface area contributed by atoms with Crippen molar-refractivity contribution in [2.75, 3.05) is 0 Å². The van der Waals surface area contributed by atoms with Crippen LogP contribution in [-0.4, -0.2) is 21.8 Å². The zero-order valence-corrected chi connectivity index (χ0v) is 11.7. The highest BCUT2D eigenvalue weighted by atomic mass is 79.9. The topological polar surface area (TPSA) is 97.5 Å². The summed E-state index contributed by atoms with van der Waals surface area (Å²) in [5, 5.41) is 19.8. The fourth-order valence-electron chi connectivity index (χ4n) is 1.72. The lowest BCUT2D eigenvalue weighted by molar-refractivity contribution is -0.385. The lowest BCUT2D eigenvalue weighted by atomic mass is 9.96. The molecule has 1 aromatic carbocycles. The number of Topliss-reactive ketones (excluding diaryl/α,β-unsaturated/α-hetero) is 1. The number of rotatable bonds is 6. The number of halogens is 1. The molecule has 0 fully saturated rings. The Hall–Kier alpha value is -1.76. The van der Waals surface area contributed by atoms with Crippen molar-refractivity contribution < 1.29 is 19.6 Å². The summed E-state index contributed by atoms with van der Waals surface area (Å²) in [4.78, 5) is 32.4. The van der Waals surface area contributed by atoms with Crippen LogP contribution in [0.1, 0.15) is 18.9 Å². The summed E-state index contributed by atoms with van der Waals surface area (Å²) in [5.41, 5.74) is 0.336. The minimum Gasteiger partial charge on any atom is -0.481 e. The van der Waals surface area contributed by atoms with Crippen LogP contribution in [-0.2, 0) is 16.0 Å². The number of carboxylic acids is 1. The number of hydrogen-bond donors (Lipinski definition) is 1. The molecule has 0 aliphatic carbocycles. The molecule has 19 heavy (non-hydrogen) atoms. The third-order valence-corrected chi connectivity index (χ3v) is 3.23. The Morgan fingerprint density at radius 2 is 2.11 bits per heavy atom. The number of carbonyl (C=O) groups excluding carboxylic acids is 1. The van der Waals surface area contributed by atoms with Crippen LogP contribution in [0.25, 0.3) is 0 Å². The van der Waals surface area contributed by atoms with Gasteiger partial charge in [-0.25, -0.2) is 0 Å². The number of ketones is 1. The van der Waals surface area contributed by atoms with Gasteiger partial charge in [-0.3, -0.25) is 19.7 Å². The molecule has 1 rings (SSSR count). The number of aryl methyl sites for hydroxylation is 1. The normalized spacial score (nSPS) is 11.9. The lowest BCUT2D eigenvalue weighted by Crippen LogP contribution is -2.22. The molecule has 1 atom stereocenters. The smallest absolute Gasteiger partial charge is 0.314 e. The monoisotopic (exact) mass is 329 g/mol. The van der Waals surface area contributed by atoms with Crippen molar-refractivity contribution in [2.24, 2.45) is 5.92 Å². The number of aliphatic carboxylic acids is 1. The van der Waals surface area contributed by atoms with E-state index in [1.54, 1.807) is 12.1 Å². The average molecular weight is 330 g/mol. The van der Waals surface area contributed by atoms with Gasteiger partial charge < -0.3 is 5.11 Å². The number of nitrogens with zero attached hydrogens (tertiary/aromatic N) is 1. The molecule has 0 heterocycles. The highest BCUT2D eigenvalue weighted by molar-refractivity contribution is 9.10. The van der Waals surface area contributed by atoms with Crippen molar-refractivity contribution in [3.8, 4) is 0 Å². The number of benzene rings is 1. The van der Waals surface area contributed by atoms with Gasteiger partial charge in [0.25, 0.3) is 5.69 Å². The molecule has 0 spiro atoms. The van der Waals surface area contributed by atoms with Crippen LogP contribution in [0.5, 0.6) is 0 Å². The molecule has 0 bridgehead atoms. The fourth-order valence-corrected chi connectivity index (χ4v) is 2.07. The molecule has 1 N–H and O–H groups in total. The van der Waals surface area contributed by atoms with Gasteiger partial charge in [0.15, 0.2) is 0 Å². The molecule has 6 nitrogen and oxygen atoms in total. The van der Waals surface area contributed by atoms with Crippen LogP contribution in [0.2, 0.25) is 0 Å². The standard InChI is InChI=1S/C12H12BrNO5/c1-7(15)10(12(16)17)5-3-8-2-4-9(13)6-11(8)14(18)19/h2,4,6,10H,3,5H2,1H3,(H,16,17). The average Bonchev–Trinajstić information content (AvgIpc) is 2.29. The SMILES string of the molecule is CC(=O)C(CCc1ccc(Br)cc1[N+](=O)[O-])C(=O)O. The predicted octanol–water partition coefficient (Wildman–Crippen LogP) is 2.58. The second-order valence-electron chi connectivity index (χ2n) is 4.07. The number of nitro groups is 1. The highest BCUT2D eigenvalue weighted by Gasteiger charge is 2.24. The van der Waals surface area contributed by atoms with E-state index in [1.165, 1.54) is 13.0 Å². The number of carbonyl (C=O) groups is 2. The van der Waals surface area contributed by atoms with E-state index in [0.29, 0.717) is 10.0 Å². The van der Waals surface area contributed by atoms with E-state index in [-0.39, 0.29) is 18.5 Å². The summed E-state index contributed by atoms with van der Waals surface area (Å²) in [6.07, 6.45) is 0.216. The lowest BCUT2D eigenvalue weighted by Gasteiger charge is -2.09. The van der Waals surface area contributed by atoms with Crippen LogP contribution in [0.3, 0.4) is 0 Å². The summed E-state index contributed by atoms with van der Waals surface area (Å²) < 4.78 is 0.573. The third-order valence-electron chi connectivity index (χ3n) is 2.74. The molecule has 102 valence electrons. The second kappa shape index (κ2) is 6.42. The van der Waals surface area contributed by atoms with Gasteiger partial charge in [-0.05, 0) is 25.8 Å². The van der Waals surface area contributed by atoms with Crippen LogP contribution in [0, 0.1) is 16.0 Å². The van der Waals surface area contributed by atoms with E-state index >= 15 is 0 Å². The Kier molecular flexibility index (Phi) is 5.17. The van der Waals surface area contributed by atoms with Gasteiger partial charge in [-0.15, -0.1) is 0 Å². The van der Waals surface area contributed by atoms with Crippen molar-refractivity contribution in [1.82, 2.24) is 0 Å². The summed E-state index contributed by atoms with van der Waals surface area (Å²) in [6.45, 7) is 1.20. The van der Waals surface area contributed by atoms with Gasteiger partial charge in [-0.1, -0.05) is 22.0 Å². The molecule has 7 heteroatoms. The molecular weight excluding hydrogens is 318 g/mol. The summed E-state index contributed by atoms with van der Waals surface area (Å²) in [6, 6.07) is 4.56. The van der Waals surface area contributed by atoms with Gasteiger partial charge in [0.1, 0.15) is 11.7 Å². The maximum atomic E-state index is 11.2. The summed E-state index contributed by atoms with van der Waals surface area (Å²) in [5.74, 6) is -2.78. The van der Waals surface area contributed by atoms with Gasteiger partial charge >= 0.3 is 5.97 Å². The van der Waals surface area contributed by atoms with E-state index in [9.17, 15) is 19.7 Å². The maximum absolute atomic E-state index is 11.2. The Labute approximate surface area is 117 Å². The first kappa shape index (κ1) is 15.3. The predicted molar refractivity (Wildman–Crippen MR) is 70.9 cm³/mol. The van der Waals surface area contributed by atoms with Crippen molar-refractivity contribution in [2.45, 2.75) is 19.8 Å². The number of hydrogen-bond acceptors (Lipinski definition) is 4. The van der Waals surface area contributed by atoms with Crippen molar-refractivity contribution >= 4 is 33.4 Å². The zero-order chi connectivity index (χ0) is 14.6. The van der Waals surface area contributed by atoms with E-state index in [2.05, 4.69) is 15.9 Å². The van der Waals surface area contributed by atoms with Crippen LogP contribution >= 0.6 is 15.9 Å². The summed E-state index contributed by atoms with van der Waals surface area (Å²) >= 11 is 3.14. The molecule has 0 amide bonds. The first-order valence-electron chi connectivity index (χ1n) is 5.49. The molecule has 0 radical (unpaired) electrons. The highest BCUT2D eigenvalue weighted by Crippen LogP contribution is 2.25. The van der Waals surface area contributed by atoms with E-state index < -0.39 is 22.6 Å². The molecular formula is C12H12BrNO5. The van der Waals surface area contributed by atoms with Crippen molar-refractivity contribution in [1.29, 1.82) is 0 Å². The van der Waals surface area contributed by atoms with Gasteiger partial charge in [0.2, 0.25) is 0 Å². The molecule has 1 aromatic rings. The van der Waals surface area contributed by atoms with Crippen molar-refractivity contribution in [3.05, 3.63) is 38.3 Å². The van der Waals surface area contributed by atoms with E-state index in [1.807, 2.05) is 0 Å². The van der Waals surface area contributed by atoms with Gasteiger partial charge in [0.05, 0.1) is 4.92 Å². The molecule has 0 aromatic heterocycles. The van der Waals surface area contributed by atoms with Gasteiger partial charge in [-0.2, -0.15) is 0 Å². The van der Waals surface area contributed by atoms with Gasteiger partial charge in [0, 0.05) is 16.1 Å². The number of carboxylic acid groups (broad SMARTS) is 1. The Morgan fingerprint density at radius 3 is 2.58 bits per heavy atom. The van der Waals surface area contributed by atoms with Crippen LogP contribution in [0.4, 0.5) is 5.69 Å². The molecule has 0 aliphatic heterocycles. The first-order chi connectivity index (χ1) is 8.82. The van der Waals surface area contributed by atoms with E-state index in [0.717, 1.165) is 0 Å². The Balaban J connectivity index is 2.91. The minimum atomic E-state index is -1.20. The molecule has 0 saturated heterocycles. The Bertz CT molecular complexity index is 515. The minimum absolute atomic E-state index is 0.0487. The van der Waals surface area contributed by atoms with Crippen LogP contribution < -0.4 is 0 Å². The molecule has 1 unspecified atom stereocenters. The molecule has 0 saturated carbocycles. The summed E-state index contributed by atoms with van der Waals surface area (Å²) in [7, 11) is 0. The first-order valence-corrected chi connectivity index (χ1v) is 6.28. The third kappa shape index (κ3) is 4.13. The van der Waals surface area contributed by atoms with E-state index in [4.69, 9.17) is 5.11 Å². The maximum Gasteiger partial charge on any atom is 0.314 e. The zero-order valence-electron chi connectivity index (χ0n) is 10.1. The quantitative estimate of drug-likeness (QED) is 0.491. The Morgan fingerprint density at radius 1 is 1.47 bits per heavy atom.